The van der Waals surface area contributed by atoms with E-state index in [1.807, 2.05) is 17.6 Å². The molecule has 1 amide bonds. The first kappa shape index (κ1) is 11.9. The summed E-state index contributed by atoms with van der Waals surface area (Å²) < 4.78 is 1.84. The van der Waals surface area contributed by atoms with E-state index in [0.717, 1.165) is 16.7 Å². The molecule has 0 saturated carbocycles. The number of carbonyl (C=O) groups excluding carboxylic acids is 1. The summed E-state index contributed by atoms with van der Waals surface area (Å²) in [5.74, 6) is 0.647. The number of nitrogens with zero attached hydrogens (tertiary/aromatic N) is 3. The van der Waals surface area contributed by atoms with Crippen molar-refractivity contribution in [3.8, 4) is 0 Å². The van der Waals surface area contributed by atoms with E-state index in [9.17, 15) is 4.79 Å². The van der Waals surface area contributed by atoms with Gasteiger partial charge in [-0.15, -0.1) is 11.6 Å². The van der Waals surface area contributed by atoms with Gasteiger partial charge in [0.2, 0.25) is 5.91 Å². The summed E-state index contributed by atoms with van der Waals surface area (Å²) in [6, 6.07) is 1.94. The van der Waals surface area contributed by atoms with Gasteiger partial charge in [0.05, 0.1) is 5.88 Å². The van der Waals surface area contributed by atoms with E-state index in [0.29, 0.717) is 12.4 Å². The fourth-order valence-electron chi connectivity index (χ4n) is 1.72. The summed E-state index contributed by atoms with van der Waals surface area (Å²) in [5.41, 5.74) is 7.72. The van der Waals surface area contributed by atoms with Gasteiger partial charge in [0.25, 0.3) is 0 Å². The Morgan fingerprint density at radius 1 is 1.59 bits per heavy atom. The number of aromatic nitrogens is 3. The molecule has 2 heterocycles. The van der Waals surface area contributed by atoms with E-state index in [1.54, 1.807) is 6.20 Å². The summed E-state index contributed by atoms with van der Waals surface area (Å²) >= 11 is 5.83. The minimum atomic E-state index is -0.348. The van der Waals surface area contributed by atoms with Crippen LogP contribution in [-0.2, 0) is 17.2 Å². The zero-order chi connectivity index (χ0) is 12.4. The van der Waals surface area contributed by atoms with Gasteiger partial charge in [0.1, 0.15) is 11.3 Å². The second-order valence-electron chi connectivity index (χ2n) is 3.89. The third-order valence-corrected chi connectivity index (χ3v) is 2.74. The highest BCUT2D eigenvalue weighted by Crippen LogP contribution is 2.17. The Labute approximate surface area is 104 Å². The standard InChI is InChI=1S/C11H13ClN4O/c1-7-4-8-11(14-6-7)16(3-2-9(13)17)10(5-12)15-8/h4,6H,2-3,5H2,1H3,(H2,13,17). The van der Waals surface area contributed by atoms with E-state index >= 15 is 0 Å². The molecule has 2 rings (SSSR count). The number of carbonyl (C=O) groups is 1. The van der Waals surface area contributed by atoms with Crippen LogP contribution in [0.3, 0.4) is 0 Å². The molecule has 0 saturated heterocycles. The summed E-state index contributed by atoms with van der Waals surface area (Å²) in [5, 5.41) is 0. The molecule has 0 bridgehead atoms. The fraction of sp³-hybridized carbons (Fsp3) is 0.364. The number of halogens is 1. The lowest BCUT2D eigenvalue weighted by Crippen LogP contribution is -2.15. The molecule has 5 nitrogen and oxygen atoms in total. The summed E-state index contributed by atoms with van der Waals surface area (Å²) in [7, 11) is 0. The summed E-state index contributed by atoms with van der Waals surface area (Å²) in [4.78, 5) is 19.5. The van der Waals surface area contributed by atoms with Crippen LogP contribution in [0.25, 0.3) is 11.2 Å². The maximum absolute atomic E-state index is 10.8. The predicted molar refractivity (Wildman–Crippen MR) is 65.6 cm³/mol. The van der Waals surface area contributed by atoms with Crippen LogP contribution >= 0.6 is 11.6 Å². The molecule has 0 atom stereocenters. The van der Waals surface area contributed by atoms with Gasteiger partial charge in [-0.3, -0.25) is 4.79 Å². The van der Waals surface area contributed by atoms with Gasteiger partial charge in [-0.25, -0.2) is 9.97 Å². The van der Waals surface area contributed by atoms with Crippen LogP contribution in [0.2, 0.25) is 0 Å². The van der Waals surface area contributed by atoms with Crippen molar-refractivity contribution in [1.29, 1.82) is 0 Å². The fourth-order valence-corrected chi connectivity index (χ4v) is 1.92. The van der Waals surface area contributed by atoms with Crippen LogP contribution in [0.15, 0.2) is 12.3 Å². The zero-order valence-electron chi connectivity index (χ0n) is 9.48. The largest absolute Gasteiger partial charge is 0.370 e. The molecule has 2 aromatic heterocycles. The molecule has 0 spiro atoms. The van der Waals surface area contributed by atoms with E-state index in [4.69, 9.17) is 17.3 Å². The molecule has 6 heteroatoms. The maximum atomic E-state index is 10.8. The number of imidazole rings is 1. The molecule has 2 aromatic rings. The lowest BCUT2D eigenvalue weighted by Gasteiger charge is -2.04. The van der Waals surface area contributed by atoms with Crippen LogP contribution in [0.5, 0.6) is 0 Å². The van der Waals surface area contributed by atoms with E-state index in [-0.39, 0.29) is 18.2 Å². The zero-order valence-corrected chi connectivity index (χ0v) is 10.2. The third-order valence-electron chi connectivity index (χ3n) is 2.50. The van der Waals surface area contributed by atoms with Crippen LogP contribution < -0.4 is 5.73 Å². The molecule has 17 heavy (non-hydrogen) atoms. The molecule has 0 aromatic carbocycles. The molecule has 0 fully saturated rings. The molecule has 90 valence electrons. The maximum Gasteiger partial charge on any atom is 0.219 e. The van der Waals surface area contributed by atoms with E-state index < -0.39 is 0 Å². The predicted octanol–water partition coefficient (Wildman–Crippen LogP) is 1.35. The number of pyridine rings is 1. The van der Waals surface area contributed by atoms with Gasteiger partial charge in [-0.1, -0.05) is 0 Å². The topological polar surface area (TPSA) is 73.8 Å². The molecular weight excluding hydrogens is 240 g/mol. The van der Waals surface area contributed by atoms with Crippen molar-refractivity contribution in [3.05, 3.63) is 23.7 Å². The molecule has 0 unspecified atom stereocenters. The van der Waals surface area contributed by atoms with Crippen molar-refractivity contribution >= 4 is 28.7 Å². The summed E-state index contributed by atoms with van der Waals surface area (Å²) in [6.45, 7) is 2.42. The Kier molecular flexibility index (Phi) is 3.28. The Bertz CT molecular complexity index is 564. The number of hydrogen-bond donors (Lipinski definition) is 1. The van der Waals surface area contributed by atoms with Crippen LogP contribution in [0, 0.1) is 6.92 Å². The van der Waals surface area contributed by atoms with Gasteiger partial charge in [-0.2, -0.15) is 0 Å². The first-order chi connectivity index (χ1) is 8.11. The van der Waals surface area contributed by atoms with Gasteiger partial charge >= 0.3 is 0 Å². The highest BCUT2D eigenvalue weighted by Gasteiger charge is 2.11. The number of primary amides is 1. The molecular formula is C11H13ClN4O. The number of alkyl halides is 1. The van der Waals surface area contributed by atoms with Gasteiger partial charge < -0.3 is 10.3 Å². The second kappa shape index (κ2) is 4.71. The quantitative estimate of drug-likeness (QED) is 0.835. The number of rotatable bonds is 4. The minimum absolute atomic E-state index is 0.255. The Morgan fingerprint density at radius 2 is 2.35 bits per heavy atom. The van der Waals surface area contributed by atoms with Crippen molar-refractivity contribution in [1.82, 2.24) is 14.5 Å². The van der Waals surface area contributed by atoms with Crippen molar-refractivity contribution in [2.24, 2.45) is 5.73 Å². The van der Waals surface area contributed by atoms with Crippen molar-refractivity contribution in [3.63, 3.8) is 0 Å². The highest BCUT2D eigenvalue weighted by atomic mass is 35.5. The van der Waals surface area contributed by atoms with Crippen molar-refractivity contribution < 1.29 is 4.79 Å². The van der Waals surface area contributed by atoms with Crippen molar-refractivity contribution in [2.45, 2.75) is 25.8 Å². The average Bonchev–Trinajstić information content (AvgIpc) is 2.63. The Balaban J connectivity index is 2.47. The van der Waals surface area contributed by atoms with Crippen LogP contribution in [-0.4, -0.2) is 20.4 Å². The lowest BCUT2D eigenvalue weighted by molar-refractivity contribution is -0.118. The van der Waals surface area contributed by atoms with Gasteiger partial charge in [-0.05, 0) is 18.6 Å². The lowest BCUT2D eigenvalue weighted by atomic mass is 10.3. The second-order valence-corrected chi connectivity index (χ2v) is 4.15. The number of aryl methyl sites for hydroxylation is 2. The Hall–Kier alpha value is -1.62. The first-order valence-corrected chi connectivity index (χ1v) is 5.81. The number of nitrogens with two attached hydrogens (primary N) is 1. The average molecular weight is 253 g/mol. The molecule has 0 aliphatic rings. The SMILES string of the molecule is Cc1cnc2c(c1)nc(CCl)n2CCC(N)=O. The van der Waals surface area contributed by atoms with Gasteiger partial charge in [0, 0.05) is 19.2 Å². The van der Waals surface area contributed by atoms with Crippen molar-refractivity contribution in [2.75, 3.05) is 0 Å². The van der Waals surface area contributed by atoms with Crippen LogP contribution in [0.4, 0.5) is 0 Å². The molecule has 0 aliphatic heterocycles. The molecule has 2 N–H and O–H groups in total. The third kappa shape index (κ3) is 2.39. The molecule has 0 radical (unpaired) electrons. The first-order valence-electron chi connectivity index (χ1n) is 5.28. The van der Waals surface area contributed by atoms with E-state index in [2.05, 4.69) is 9.97 Å². The monoisotopic (exact) mass is 252 g/mol. The Morgan fingerprint density at radius 3 is 3.00 bits per heavy atom. The number of hydrogen-bond acceptors (Lipinski definition) is 3. The summed E-state index contributed by atoms with van der Waals surface area (Å²) in [6.07, 6.45) is 2.02. The number of amides is 1. The number of fused-ring (bicyclic) bond motifs is 1. The highest BCUT2D eigenvalue weighted by molar-refractivity contribution is 6.16. The normalized spacial score (nSPS) is 10.9. The smallest absolute Gasteiger partial charge is 0.219 e. The molecule has 0 aliphatic carbocycles. The van der Waals surface area contributed by atoms with Gasteiger partial charge in [0.15, 0.2) is 5.65 Å². The van der Waals surface area contributed by atoms with Crippen LogP contribution in [0.1, 0.15) is 17.8 Å². The van der Waals surface area contributed by atoms with E-state index in [1.165, 1.54) is 0 Å². The minimum Gasteiger partial charge on any atom is -0.370 e.